The third-order valence-corrected chi connectivity index (χ3v) is 27.6. The number of imide groups is 2. The molecule has 2 fully saturated rings. The summed E-state index contributed by atoms with van der Waals surface area (Å²) in [6, 6.07) is 25.5. The van der Waals surface area contributed by atoms with E-state index in [2.05, 4.69) is 182 Å². The molecule has 0 aliphatic carbocycles. The average Bonchev–Trinajstić information content (AvgIpc) is 1.65. The first-order valence-corrected chi connectivity index (χ1v) is 55.2. The van der Waals surface area contributed by atoms with Gasteiger partial charge in [0.15, 0.2) is 0 Å². The van der Waals surface area contributed by atoms with Crippen LogP contribution in [0.4, 0.5) is 9.59 Å². The van der Waals surface area contributed by atoms with Crippen molar-refractivity contribution in [2.45, 2.75) is 454 Å². The highest BCUT2D eigenvalue weighted by atomic mass is 32.2. The molecule has 2 aliphatic heterocycles. The van der Waals surface area contributed by atoms with Gasteiger partial charge in [0.1, 0.15) is 12.2 Å². The molecule has 0 unspecified atom stereocenters. The van der Waals surface area contributed by atoms with Gasteiger partial charge in [0.2, 0.25) is 11.8 Å². The molecule has 21 nitrogen and oxygen atoms in total. The fraction of sp³-hybridized carbons (Fsp3) is 0.772. The number of amides is 4. The zero-order valence-corrected chi connectivity index (χ0v) is 92.6. The van der Waals surface area contributed by atoms with Crippen LogP contribution in [0.2, 0.25) is 0 Å². The lowest BCUT2D eigenvalue weighted by atomic mass is 9.89. The summed E-state index contributed by atoms with van der Waals surface area (Å²) in [5.41, 5.74) is 23.7. The number of aryl methyl sites for hydroxylation is 1. The second kappa shape index (κ2) is 85.1. The van der Waals surface area contributed by atoms with Crippen molar-refractivity contribution in [3.63, 3.8) is 0 Å². The highest BCUT2D eigenvalue weighted by Crippen LogP contribution is 2.37. The fourth-order valence-electron chi connectivity index (χ4n) is 17.9. The van der Waals surface area contributed by atoms with Crippen LogP contribution in [0.25, 0.3) is 10.4 Å². The molecule has 0 spiro atoms. The lowest BCUT2D eigenvalue weighted by Gasteiger charge is -2.25. The number of carboxylic acid groups (broad SMARTS) is 2. The van der Waals surface area contributed by atoms with E-state index in [-0.39, 0.29) is 65.9 Å². The Labute approximate surface area is 833 Å². The largest absolute Gasteiger partial charge is 0.481 e. The smallest absolute Gasteiger partial charge is 0.417 e. The van der Waals surface area contributed by atoms with Crippen molar-refractivity contribution in [3.8, 4) is 0 Å². The molecule has 22 heteroatoms. The molecule has 788 valence electrons. The van der Waals surface area contributed by atoms with E-state index < -0.39 is 34.2 Å². The molecule has 0 saturated carbocycles. The number of aliphatic hydroxyl groups is 1. The fourth-order valence-corrected chi connectivity index (χ4v) is 18.9. The second-order valence-corrected chi connectivity index (χ2v) is 42.1. The summed E-state index contributed by atoms with van der Waals surface area (Å²) in [4.78, 5) is 75.9. The predicted molar refractivity (Wildman–Crippen MR) is 571 cm³/mol. The van der Waals surface area contributed by atoms with Crippen LogP contribution >= 0.6 is 0 Å². The Morgan fingerprint density at radius 1 is 0.463 bits per heavy atom. The van der Waals surface area contributed by atoms with Gasteiger partial charge in [-0.3, -0.25) is 23.4 Å². The van der Waals surface area contributed by atoms with Crippen LogP contribution in [0.1, 0.15) is 447 Å². The Morgan fingerprint density at radius 2 is 0.816 bits per heavy atom. The first kappa shape index (κ1) is 136. The first-order valence-electron chi connectivity index (χ1n) is 53.8. The number of benzene rings is 3. The number of carbonyl (C=O) groups is 6. The van der Waals surface area contributed by atoms with Crippen molar-refractivity contribution in [1.82, 2.24) is 9.80 Å². The number of hydrogen-bond donors (Lipinski definition) is 5. The number of cyclic esters (lactones) is 2. The summed E-state index contributed by atoms with van der Waals surface area (Å²) >= 11 is 0. The highest BCUT2D eigenvalue weighted by molar-refractivity contribution is 7.86. The Hall–Kier alpha value is -6.68. The summed E-state index contributed by atoms with van der Waals surface area (Å²) < 4.78 is 40.5. The van der Waals surface area contributed by atoms with Crippen molar-refractivity contribution in [1.29, 1.82) is 0 Å². The molecule has 0 aromatic heterocycles. The summed E-state index contributed by atoms with van der Waals surface area (Å²) in [7, 11) is -3.63. The molecule has 2 heterocycles. The topological polar surface area (TPSA) is 332 Å². The number of aliphatic carboxylic acids is 2. The minimum absolute atomic E-state index is 0.0867. The van der Waals surface area contributed by atoms with Gasteiger partial charge in [-0.05, 0) is 230 Å². The third kappa shape index (κ3) is 66.9. The number of carboxylic acids is 2. The van der Waals surface area contributed by atoms with E-state index in [0.717, 1.165) is 162 Å². The third-order valence-electron chi connectivity index (χ3n) is 26.3. The van der Waals surface area contributed by atoms with Crippen molar-refractivity contribution in [2.24, 2.45) is 105 Å². The van der Waals surface area contributed by atoms with Crippen molar-refractivity contribution in [2.75, 3.05) is 32.8 Å². The zero-order chi connectivity index (χ0) is 104. The molecule has 0 bridgehead atoms. The van der Waals surface area contributed by atoms with Gasteiger partial charge in [-0.2, -0.15) is 8.42 Å². The van der Waals surface area contributed by atoms with E-state index in [1.807, 2.05) is 88.4 Å². The molecule has 3 aromatic rings. The van der Waals surface area contributed by atoms with Gasteiger partial charge in [-0.25, -0.2) is 19.4 Å². The molecule has 2 saturated heterocycles. The Bertz CT molecular complexity index is 3570. The summed E-state index contributed by atoms with van der Waals surface area (Å²) in [5, 5.41) is 29.5. The van der Waals surface area contributed by atoms with Crippen molar-refractivity contribution >= 4 is 46.1 Å². The van der Waals surface area contributed by atoms with E-state index in [1.165, 1.54) is 118 Å². The van der Waals surface area contributed by atoms with Crippen LogP contribution in [0, 0.1) is 95.7 Å². The van der Waals surface area contributed by atoms with E-state index in [1.54, 1.807) is 24.3 Å². The number of carbonyl (C=O) groups excluding carboxylic acids is 4. The lowest BCUT2D eigenvalue weighted by molar-refractivity contribution is -0.138. The molecule has 2 aliphatic rings. The monoisotopic (exact) mass is 1930 g/mol. The number of ether oxygens (including phenoxy) is 2. The van der Waals surface area contributed by atoms with E-state index in [9.17, 15) is 37.2 Å². The van der Waals surface area contributed by atoms with Gasteiger partial charge in [0.05, 0.1) is 23.6 Å². The first-order chi connectivity index (χ1) is 64.6. The number of hydrogen-bond acceptors (Lipinski definition) is 15. The Morgan fingerprint density at radius 3 is 1.18 bits per heavy atom. The molecule has 19 atom stereocenters. The Kier molecular flexibility index (Phi) is 84.9. The molecular weight excluding hydrogens is 1720 g/mol. The number of nitrogens with two attached hydrogens (primary N) is 2. The maximum Gasteiger partial charge on any atom is 0.417 e. The van der Waals surface area contributed by atoms with Gasteiger partial charge in [-0.1, -0.05) is 396 Å². The van der Waals surface area contributed by atoms with Crippen LogP contribution in [0.15, 0.2) is 107 Å². The SMILES string of the molecule is CCC[C@H](C)CCC(=O)N1C(=O)O[C@@H](c2ccccc2)[C@H]1C.CCC[C@H](C)CCC(=O)O.CCC[C@H](C)CCC=C(C)C.CCC[C@H](C)C[C@@H](CC)C(=O)N1C(=O)O[C@@H](c2ccccc2)[C@H]1C.CCC[C@H](C)C[C@@H](CC)CN.CCC[C@H](C)C[C@@H](CC)CN=[N+]=[N-].CCC[C@H](C)C[C@@H](CC)CO.CCC[C@H](C)C[C@@H](CC)COS(=O)(=O)c1ccc(C)cc1.CCC[C@H](C)C[C@H](CN)CC(=O)O. The number of rotatable bonds is 58. The minimum Gasteiger partial charge on any atom is -0.481 e. The minimum atomic E-state index is -3.63. The Balaban J connectivity index is -0.000000735. The molecule has 5 rings (SSSR count). The van der Waals surface area contributed by atoms with E-state index in [4.69, 9.17) is 46.0 Å². The van der Waals surface area contributed by atoms with Crippen LogP contribution in [-0.2, 0) is 43.0 Å². The van der Waals surface area contributed by atoms with Gasteiger partial charge >= 0.3 is 24.1 Å². The van der Waals surface area contributed by atoms with Gasteiger partial charge in [-0.15, -0.1) is 0 Å². The average molecular weight is 1930 g/mol. The summed E-state index contributed by atoms with van der Waals surface area (Å²) in [6.45, 7) is 63.1. The van der Waals surface area contributed by atoms with Gasteiger partial charge in [0.25, 0.3) is 10.1 Å². The summed E-state index contributed by atoms with van der Waals surface area (Å²) in [5.74, 6) is 6.70. The van der Waals surface area contributed by atoms with Gasteiger partial charge in [0, 0.05) is 43.2 Å². The van der Waals surface area contributed by atoms with E-state index in [0.29, 0.717) is 79.9 Å². The number of aliphatic hydroxyl groups excluding tert-OH is 1. The maximum absolute atomic E-state index is 12.9. The zero-order valence-electron chi connectivity index (χ0n) is 91.8. The maximum atomic E-state index is 12.9. The second-order valence-electron chi connectivity index (χ2n) is 40.5. The van der Waals surface area contributed by atoms with Crippen LogP contribution in [0.5, 0.6) is 0 Å². The predicted octanol–water partition coefficient (Wildman–Crippen LogP) is 31.9. The molecular formula is C114H207N7O14S. The molecule has 4 amide bonds. The van der Waals surface area contributed by atoms with Gasteiger partial charge < -0.3 is 36.3 Å². The van der Waals surface area contributed by atoms with Crippen LogP contribution < -0.4 is 11.5 Å². The highest BCUT2D eigenvalue weighted by Gasteiger charge is 2.46. The number of azide groups is 1. The van der Waals surface area contributed by atoms with Crippen LogP contribution in [-0.4, -0.2) is 114 Å². The normalized spacial score (nSPS) is 17.5. The number of allylic oxidation sites excluding steroid dienone is 2. The lowest BCUT2D eigenvalue weighted by Crippen LogP contribution is -2.42. The molecule has 0 radical (unpaired) electrons. The van der Waals surface area contributed by atoms with Crippen molar-refractivity contribution < 1.29 is 66.2 Å². The molecule has 136 heavy (non-hydrogen) atoms. The van der Waals surface area contributed by atoms with Crippen molar-refractivity contribution in [3.05, 3.63) is 124 Å². The quantitative estimate of drug-likeness (QED) is 0.0115. The van der Waals surface area contributed by atoms with Crippen LogP contribution in [0.3, 0.4) is 0 Å². The standard InChI is InChI=1S/C20H29NO3.C18H25NO3.C17H28O3S.C11H22.C10H21N3.C10H21NO2.C10H23N.C10H22O.C8H16O2/c1-5-10-14(3)13-16(6-2)19(22)21-15(4)18(24-20(21)23)17-11-8-7-9-12-17;1-4-8-13(2)11-12-16(20)19-14(3)17(22-18(19)21)15-9-6-5-7-10-15;1-5-7-15(4)12-16(6-2)13-20-21(18,19)17-10-8-14(3)9-11-17;1-5-7-11(4)9-6-8-10(2)3;1-4-6-9(3)7-10(5-2)8-12-13-11;1-3-4-8(2)5-9(7-11)6-10(12)13;2*1-4-6-9(3)7-10(5-2)8-11;1-3-4-7(2)5-6-8(9)10/h7-9,11-12,14-16,18H,5-6,10,13H2,1-4H3;5-7,9-10,13-14,17H,4,8,11-12H2,1-3H3;8-11,15-16H,5-7,12-13H2,1-4H3;8,11H,5-7,9H2,1-4H3;9-10H,4-8H2,1-3H3;8-9H,3-7,11H2,1-2H3,(H,12,13);9-10H,4-8,11H2,1-3H3;9-11H,4-8H2,1-3H3;7H,3-6H2,1-2H3,(H,9,10)/t14-,15+,16+,18+;13-,14+,17+;15-,16+;11-;9-,10+;8-,9-;2*9-,10+;7-/m000000000/s1. The molecule has 3 aromatic carbocycles. The summed E-state index contributed by atoms with van der Waals surface area (Å²) in [6.07, 6.45) is 39.3. The number of nitrogens with zero attached hydrogens (tertiary/aromatic N) is 5. The molecule has 7 N–H and O–H groups in total. The van der Waals surface area contributed by atoms with E-state index >= 15 is 0 Å².